The van der Waals surface area contributed by atoms with E-state index >= 15 is 0 Å². The minimum atomic E-state index is -0.494. The Morgan fingerprint density at radius 1 is 1.21 bits per heavy atom. The Hall–Kier alpha value is -1.94. The van der Waals surface area contributed by atoms with Gasteiger partial charge < -0.3 is 19.3 Å². The quantitative estimate of drug-likeness (QED) is 0.760. The second-order valence-electron chi connectivity index (χ2n) is 9.65. The van der Waals surface area contributed by atoms with Gasteiger partial charge in [-0.15, -0.1) is 0 Å². The van der Waals surface area contributed by atoms with E-state index in [1.807, 2.05) is 12.2 Å². The van der Waals surface area contributed by atoms with Gasteiger partial charge in [-0.2, -0.15) is 0 Å². The summed E-state index contributed by atoms with van der Waals surface area (Å²) >= 11 is 0. The second-order valence-corrected chi connectivity index (χ2v) is 9.65. The van der Waals surface area contributed by atoms with E-state index in [9.17, 15) is 5.11 Å². The van der Waals surface area contributed by atoms with Gasteiger partial charge in [0, 0.05) is 17.9 Å². The maximum absolute atomic E-state index is 10.7. The number of allylic oxidation sites excluding steroid dienone is 2. The van der Waals surface area contributed by atoms with Crippen molar-refractivity contribution < 1.29 is 19.3 Å². The predicted octanol–water partition coefficient (Wildman–Crippen LogP) is 4.98. The first-order valence-corrected chi connectivity index (χ1v) is 11.0. The molecule has 0 bridgehead atoms. The maximum Gasteiger partial charge on any atom is 0.129 e. The molecule has 0 amide bonds. The van der Waals surface area contributed by atoms with Gasteiger partial charge in [-0.3, -0.25) is 0 Å². The van der Waals surface area contributed by atoms with Crippen LogP contribution in [0.5, 0.6) is 11.5 Å². The summed E-state index contributed by atoms with van der Waals surface area (Å²) in [5.41, 5.74) is 3.37. The molecular formula is C25H34O4. The van der Waals surface area contributed by atoms with Gasteiger partial charge >= 0.3 is 0 Å². The summed E-state index contributed by atoms with van der Waals surface area (Å²) in [5, 5.41) is 10.7. The highest BCUT2D eigenvalue weighted by Gasteiger charge is 2.34. The van der Waals surface area contributed by atoms with Gasteiger partial charge in [-0.1, -0.05) is 26.0 Å². The SMILES string of the molecule is CC(C)CCOC1=CC=C(C2COc3c(ccc4c3CCC(C)(C)O4)C2)C(O)C1. The van der Waals surface area contributed by atoms with Crippen LogP contribution in [-0.4, -0.2) is 30.0 Å². The van der Waals surface area contributed by atoms with E-state index in [1.54, 1.807) is 0 Å². The summed E-state index contributed by atoms with van der Waals surface area (Å²) in [6.07, 6.45) is 8.04. The first-order chi connectivity index (χ1) is 13.8. The van der Waals surface area contributed by atoms with Crippen LogP contribution in [0.15, 0.2) is 35.6 Å². The lowest BCUT2D eigenvalue weighted by Crippen LogP contribution is -2.34. The third-order valence-corrected chi connectivity index (χ3v) is 6.25. The van der Waals surface area contributed by atoms with Gasteiger partial charge in [0.1, 0.15) is 17.1 Å². The first kappa shape index (κ1) is 20.3. The van der Waals surface area contributed by atoms with E-state index in [1.165, 1.54) is 11.1 Å². The summed E-state index contributed by atoms with van der Waals surface area (Å²) in [7, 11) is 0. The van der Waals surface area contributed by atoms with Crippen molar-refractivity contribution in [2.75, 3.05) is 13.2 Å². The van der Waals surface area contributed by atoms with Gasteiger partial charge in [0.2, 0.25) is 0 Å². The lowest BCUT2D eigenvalue weighted by Gasteiger charge is -2.36. The van der Waals surface area contributed by atoms with Crippen molar-refractivity contribution >= 4 is 0 Å². The van der Waals surface area contributed by atoms with Crippen LogP contribution in [0, 0.1) is 11.8 Å². The lowest BCUT2D eigenvalue weighted by atomic mass is 9.82. The van der Waals surface area contributed by atoms with Crippen LogP contribution >= 0.6 is 0 Å². The molecule has 0 radical (unpaired) electrons. The average molecular weight is 399 g/mol. The molecule has 2 heterocycles. The van der Waals surface area contributed by atoms with Crippen LogP contribution < -0.4 is 9.47 Å². The average Bonchev–Trinajstić information content (AvgIpc) is 2.66. The van der Waals surface area contributed by atoms with E-state index in [4.69, 9.17) is 14.2 Å². The largest absolute Gasteiger partial charge is 0.498 e. The number of fused-ring (bicyclic) bond motifs is 3. The molecular weight excluding hydrogens is 364 g/mol. The number of aliphatic hydroxyl groups is 1. The standard InChI is InChI=1S/C25H34O4/c1-16(2)10-12-27-19-6-7-20(22(26)14-19)18-13-17-5-8-23-21(24(17)28-15-18)9-11-25(3,4)29-23/h5-8,16,18,22,26H,9-15H2,1-4H3. The zero-order chi connectivity index (χ0) is 20.6. The number of aliphatic hydroxyl groups excluding tert-OH is 1. The molecule has 1 aromatic rings. The Labute approximate surface area is 174 Å². The van der Waals surface area contributed by atoms with Crippen molar-refractivity contribution in [3.05, 3.63) is 46.7 Å². The lowest BCUT2D eigenvalue weighted by molar-refractivity contribution is 0.0820. The van der Waals surface area contributed by atoms with Gasteiger partial charge in [-0.05, 0) is 68.7 Å². The normalized spacial score (nSPS) is 25.2. The van der Waals surface area contributed by atoms with E-state index < -0.39 is 6.10 Å². The van der Waals surface area contributed by atoms with Crippen LogP contribution in [0.25, 0.3) is 0 Å². The van der Waals surface area contributed by atoms with Crippen molar-refractivity contribution in [3.63, 3.8) is 0 Å². The van der Waals surface area contributed by atoms with E-state index in [0.29, 0.717) is 25.6 Å². The minimum Gasteiger partial charge on any atom is -0.498 e. The van der Waals surface area contributed by atoms with Crippen LogP contribution in [0.2, 0.25) is 0 Å². The fourth-order valence-electron chi connectivity index (χ4n) is 4.45. The van der Waals surface area contributed by atoms with Crippen LogP contribution in [0.1, 0.15) is 58.1 Å². The van der Waals surface area contributed by atoms with Gasteiger partial charge in [0.15, 0.2) is 0 Å². The molecule has 0 spiro atoms. The van der Waals surface area contributed by atoms with Crippen molar-refractivity contribution in [2.45, 2.75) is 71.5 Å². The van der Waals surface area contributed by atoms with E-state index in [2.05, 4.69) is 39.8 Å². The molecule has 0 aromatic heterocycles. The number of ether oxygens (including phenoxy) is 3. The molecule has 2 unspecified atom stereocenters. The highest BCUT2D eigenvalue weighted by Crippen LogP contribution is 2.44. The topological polar surface area (TPSA) is 47.9 Å². The van der Waals surface area contributed by atoms with Gasteiger partial charge in [-0.25, -0.2) is 0 Å². The fraction of sp³-hybridized carbons (Fsp3) is 0.600. The zero-order valence-corrected chi connectivity index (χ0v) is 18.2. The third-order valence-electron chi connectivity index (χ3n) is 6.25. The molecule has 2 atom stereocenters. The van der Waals surface area contributed by atoms with Crippen LogP contribution in [0.4, 0.5) is 0 Å². The molecule has 1 aliphatic carbocycles. The highest BCUT2D eigenvalue weighted by molar-refractivity contribution is 5.53. The highest BCUT2D eigenvalue weighted by atomic mass is 16.5. The summed E-state index contributed by atoms with van der Waals surface area (Å²) in [6, 6.07) is 4.22. The molecule has 3 aliphatic rings. The molecule has 4 rings (SSSR count). The Kier molecular flexibility index (Phi) is 5.65. The smallest absolute Gasteiger partial charge is 0.129 e. The molecule has 29 heavy (non-hydrogen) atoms. The molecule has 4 nitrogen and oxygen atoms in total. The Bertz CT molecular complexity index is 818. The molecule has 1 N–H and O–H groups in total. The number of benzene rings is 1. The molecule has 0 saturated heterocycles. The zero-order valence-electron chi connectivity index (χ0n) is 18.2. The summed E-state index contributed by atoms with van der Waals surface area (Å²) in [4.78, 5) is 0. The Balaban J connectivity index is 1.46. The molecule has 0 saturated carbocycles. The number of hydrogen-bond donors (Lipinski definition) is 1. The van der Waals surface area contributed by atoms with Gasteiger partial charge in [0.25, 0.3) is 0 Å². The summed E-state index contributed by atoms with van der Waals surface area (Å²) in [6.45, 7) is 9.97. The van der Waals surface area contributed by atoms with Crippen molar-refractivity contribution in [3.8, 4) is 11.5 Å². The van der Waals surface area contributed by atoms with E-state index in [-0.39, 0.29) is 11.5 Å². The minimum absolute atomic E-state index is 0.114. The monoisotopic (exact) mass is 398 g/mol. The third kappa shape index (κ3) is 4.48. The molecule has 2 aliphatic heterocycles. The molecule has 0 fully saturated rings. The summed E-state index contributed by atoms with van der Waals surface area (Å²) in [5.74, 6) is 3.67. The number of rotatable bonds is 5. The van der Waals surface area contributed by atoms with Crippen LogP contribution in [0.3, 0.4) is 0 Å². The molecule has 158 valence electrons. The molecule has 1 aromatic carbocycles. The van der Waals surface area contributed by atoms with Crippen molar-refractivity contribution in [1.29, 1.82) is 0 Å². The van der Waals surface area contributed by atoms with E-state index in [0.717, 1.165) is 48.5 Å². The van der Waals surface area contributed by atoms with Crippen molar-refractivity contribution in [2.24, 2.45) is 11.8 Å². The first-order valence-electron chi connectivity index (χ1n) is 11.0. The van der Waals surface area contributed by atoms with Gasteiger partial charge in [0.05, 0.1) is 25.1 Å². The number of hydrogen-bond acceptors (Lipinski definition) is 4. The Morgan fingerprint density at radius 3 is 2.79 bits per heavy atom. The molecule has 4 heteroatoms. The fourth-order valence-corrected chi connectivity index (χ4v) is 4.45. The van der Waals surface area contributed by atoms with Crippen LogP contribution in [-0.2, 0) is 17.6 Å². The summed E-state index contributed by atoms with van der Waals surface area (Å²) < 4.78 is 18.2. The van der Waals surface area contributed by atoms with Crippen molar-refractivity contribution in [1.82, 2.24) is 0 Å². The predicted molar refractivity (Wildman–Crippen MR) is 114 cm³/mol. The maximum atomic E-state index is 10.7. The second kappa shape index (κ2) is 8.06. The Morgan fingerprint density at radius 2 is 2.03 bits per heavy atom.